The maximum atomic E-state index is 11.9. The molecule has 2 nitrogen and oxygen atoms in total. The standard InChI is InChI=1S/C13H15BrClNO/c14-12-2-1-8-16(13(12)17)9-7-10-3-5-11(15)6-4-10/h3-6,12H,1-2,7-9H2. The molecule has 92 valence electrons. The first kappa shape index (κ1) is 12.9. The molecule has 1 aromatic rings. The van der Waals surface area contributed by atoms with Gasteiger partial charge in [-0.05, 0) is 37.0 Å². The van der Waals surface area contributed by atoms with E-state index in [2.05, 4.69) is 15.9 Å². The van der Waals surface area contributed by atoms with Gasteiger partial charge in [0, 0.05) is 18.1 Å². The second-order valence-electron chi connectivity index (χ2n) is 4.31. The van der Waals surface area contributed by atoms with Crippen LogP contribution in [0.2, 0.25) is 5.02 Å². The predicted octanol–water partition coefficient (Wildman–Crippen LogP) is 3.27. The van der Waals surface area contributed by atoms with Crippen LogP contribution in [0.1, 0.15) is 18.4 Å². The van der Waals surface area contributed by atoms with Gasteiger partial charge in [0.2, 0.25) is 5.91 Å². The van der Waals surface area contributed by atoms with Crippen LogP contribution in [0.3, 0.4) is 0 Å². The molecule has 17 heavy (non-hydrogen) atoms. The van der Waals surface area contributed by atoms with Crippen molar-refractivity contribution in [1.82, 2.24) is 4.90 Å². The number of alkyl halides is 1. The van der Waals surface area contributed by atoms with Crippen molar-refractivity contribution in [3.63, 3.8) is 0 Å². The fraction of sp³-hybridized carbons (Fsp3) is 0.462. The first-order valence-corrected chi connectivity index (χ1v) is 7.13. The van der Waals surface area contributed by atoms with Gasteiger partial charge in [-0.1, -0.05) is 39.7 Å². The Balaban J connectivity index is 1.89. The fourth-order valence-electron chi connectivity index (χ4n) is 2.03. The molecule has 1 atom stereocenters. The highest BCUT2D eigenvalue weighted by atomic mass is 79.9. The molecule has 4 heteroatoms. The molecule has 1 aliphatic heterocycles. The number of carbonyl (C=O) groups excluding carboxylic acids is 1. The lowest BCUT2D eigenvalue weighted by Gasteiger charge is -2.29. The molecule has 1 aliphatic rings. The summed E-state index contributed by atoms with van der Waals surface area (Å²) in [4.78, 5) is 13.8. The summed E-state index contributed by atoms with van der Waals surface area (Å²) < 4.78 is 0. The fourth-order valence-corrected chi connectivity index (χ4v) is 2.77. The monoisotopic (exact) mass is 315 g/mol. The number of amides is 1. The van der Waals surface area contributed by atoms with Crippen LogP contribution in [0.4, 0.5) is 0 Å². The third kappa shape index (κ3) is 3.46. The second kappa shape index (κ2) is 5.87. The smallest absolute Gasteiger partial charge is 0.236 e. The lowest BCUT2D eigenvalue weighted by atomic mass is 10.1. The zero-order chi connectivity index (χ0) is 12.3. The molecule has 1 saturated heterocycles. The van der Waals surface area contributed by atoms with Crippen molar-refractivity contribution < 1.29 is 4.79 Å². The van der Waals surface area contributed by atoms with E-state index < -0.39 is 0 Å². The predicted molar refractivity (Wildman–Crippen MR) is 73.7 cm³/mol. The summed E-state index contributed by atoms with van der Waals surface area (Å²) in [6.07, 6.45) is 2.93. The minimum absolute atomic E-state index is 0.0152. The number of likely N-dealkylation sites (tertiary alicyclic amines) is 1. The van der Waals surface area contributed by atoms with Gasteiger partial charge in [0.05, 0.1) is 4.83 Å². The molecule has 0 radical (unpaired) electrons. The topological polar surface area (TPSA) is 20.3 Å². The molecule has 0 saturated carbocycles. The van der Waals surface area contributed by atoms with Crippen molar-refractivity contribution in [2.45, 2.75) is 24.1 Å². The van der Waals surface area contributed by atoms with E-state index in [0.29, 0.717) is 0 Å². The molecule has 1 fully saturated rings. The Morgan fingerprint density at radius 3 is 2.76 bits per heavy atom. The minimum Gasteiger partial charge on any atom is -0.341 e. The largest absolute Gasteiger partial charge is 0.341 e. The summed E-state index contributed by atoms with van der Waals surface area (Å²) >= 11 is 9.25. The van der Waals surface area contributed by atoms with Crippen molar-refractivity contribution in [2.24, 2.45) is 0 Å². The average Bonchev–Trinajstić information content (AvgIpc) is 2.33. The minimum atomic E-state index is 0.0152. The van der Waals surface area contributed by atoms with Gasteiger partial charge in [-0.25, -0.2) is 0 Å². The molecule has 0 aromatic heterocycles. The molecule has 0 spiro atoms. The molecule has 0 aliphatic carbocycles. The second-order valence-corrected chi connectivity index (χ2v) is 5.85. The highest BCUT2D eigenvalue weighted by molar-refractivity contribution is 9.10. The average molecular weight is 317 g/mol. The van der Waals surface area contributed by atoms with E-state index in [1.165, 1.54) is 5.56 Å². The van der Waals surface area contributed by atoms with Gasteiger partial charge in [-0.15, -0.1) is 0 Å². The van der Waals surface area contributed by atoms with Gasteiger partial charge < -0.3 is 4.90 Å². The van der Waals surface area contributed by atoms with Crippen LogP contribution >= 0.6 is 27.5 Å². The van der Waals surface area contributed by atoms with E-state index in [-0.39, 0.29) is 10.7 Å². The van der Waals surface area contributed by atoms with E-state index in [0.717, 1.165) is 37.4 Å². The van der Waals surface area contributed by atoms with Crippen molar-refractivity contribution >= 4 is 33.4 Å². The van der Waals surface area contributed by atoms with E-state index in [9.17, 15) is 4.79 Å². The Morgan fingerprint density at radius 2 is 2.06 bits per heavy atom. The first-order valence-electron chi connectivity index (χ1n) is 5.84. The van der Waals surface area contributed by atoms with Gasteiger partial charge in [-0.2, -0.15) is 0 Å². The lowest BCUT2D eigenvalue weighted by molar-refractivity contribution is -0.132. The maximum Gasteiger partial charge on any atom is 0.236 e. The third-order valence-electron chi connectivity index (χ3n) is 3.05. The van der Waals surface area contributed by atoms with Gasteiger partial charge in [0.25, 0.3) is 0 Å². The summed E-state index contributed by atoms with van der Waals surface area (Å²) in [5.41, 5.74) is 1.22. The SMILES string of the molecule is O=C1C(Br)CCCN1CCc1ccc(Cl)cc1. The molecule has 1 unspecified atom stereocenters. The van der Waals surface area contributed by atoms with Crippen LogP contribution in [0.15, 0.2) is 24.3 Å². The first-order chi connectivity index (χ1) is 8.16. The Bertz CT molecular complexity index is 393. The van der Waals surface area contributed by atoms with Crippen LogP contribution in [0.25, 0.3) is 0 Å². The molecular formula is C13H15BrClNO. The number of nitrogens with zero attached hydrogens (tertiary/aromatic N) is 1. The quantitative estimate of drug-likeness (QED) is 0.784. The van der Waals surface area contributed by atoms with Crippen LogP contribution < -0.4 is 0 Å². The van der Waals surface area contributed by atoms with Gasteiger partial charge >= 0.3 is 0 Å². The molecular weight excluding hydrogens is 302 g/mol. The van der Waals surface area contributed by atoms with Crippen molar-refractivity contribution in [3.05, 3.63) is 34.9 Å². The van der Waals surface area contributed by atoms with Crippen molar-refractivity contribution in [1.29, 1.82) is 0 Å². The number of hydrogen-bond donors (Lipinski definition) is 0. The molecule has 1 aromatic carbocycles. The number of piperidine rings is 1. The summed E-state index contributed by atoms with van der Waals surface area (Å²) in [6.45, 7) is 1.68. The van der Waals surface area contributed by atoms with Crippen LogP contribution in [-0.4, -0.2) is 28.7 Å². The number of halogens is 2. The zero-order valence-electron chi connectivity index (χ0n) is 9.53. The van der Waals surface area contributed by atoms with E-state index in [4.69, 9.17) is 11.6 Å². The van der Waals surface area contributed by atoms with E-state index >= 15 is 0 Å². The highest BCUT2D eigenvalue weighted by Gasteiger charge is 2.25. The van der Waals surface area contributed by atoms with Gasteiger partial charge in [0.15, 0.2) is 0 Å². The Kier molecular flexibility index (Phi) is 4.46. The number of hydrogen-bond acceptors (Lipinski definition) is 1. The summed E-state index contributed by atoms with van der Waals surface area (Å²) in [5, 5.41) is 0.753. The summed E-state index contributed by atoms with van der Waals surface area (Å²) in [6, 6.07) is 7.81. The Labute approximate surface area is 115 Å². The van der Waals surface area contributed by atoms with Crippen molar-refractivity contribution in [3.8, 4) is 0 Å². The van der Waals surface area contributed by atoms with Crippen LogP contribution in [0.5, 0.6) is 0 Å². The number of carbonyl (C=O) groups is 1. The third-order valence-corrected chi connectivity index (χ3v) is 4.15. The maximum absolute atomic E-state index is 11.9. The lowest BCUT2D eigenvalue weighted by Crippen LogP contribution is -2.42. The molecule has 0 bridgehead atoms. The van der Waals surface area contributed by atoms with E-state index in [1.54, 1.807) is 0 Å². The Morgan fingerprint density at radius 1 is 1.35 bits per heavy atom. The summed E-state index contributed by atoms with van der Waals surface area (Å²) in [5.74, 6) is 0.227. The zero-order valence-corrected chi connectivity index (χ0v) is 11.9. The Hall–Kier alpha value is -0.540. The highest BCUT2D eigenvalue weighted by Crippen LogP contribution is 2.19. The number of rotatable bonds is 3. The molecule has 1 amide bonds. The van der Waals surface area contributed by atoms with Crippen LogP contribution in [0, 0.1) is 0 Å². The normalized spacial score (nSPS) is 20.7. The van der Waals surface area contributed by atoms with Gasteiger partial charge in [-0.3, -0.25) is 4.79 Å². The molecule has 1 heterocycles. The van der Waals surface area contributed by atoms with Gasteiger partial charge in [0.1, 0.15) is 0 Å². The van der Waals surface area contributed by atoms with Crippen molar-refractivity contribution in [2.75, 3.05) is 13.1 Å². The number of benzene rings is 1. The van der Waals surface area contributed by atoms with Crippen LogP contribution in [-0.2, 0) is 11.2 Å². The summed E-state index contributed by atoms with van der Waals surface area (Å²) in [7, 11) is 0. The molecule has 2 rings (SSSR count). The molecule has 0 N–H and O–H groups in total. The van der Waals surface area contributed by atoms with E-state index in [1.807, 2.05) is 29.2 Å².